The van der Waals surface area contributed by atoms with Crippen LogP contribution in [0.25, 0.3) is 11.3 Å². The normalized spacial score (nSPS) is 17.2. The SMILES string of the molecule is COc1ccc(-c2nn(CC3CC3)c(=O)c(N3CCNCC3)c2C)cc1F. The van der Waals surface area contributed by atoms with E-state index in [4.69, 9.17) is 4.74 Å². The third-order valence-electron chi connectivity index (χ3n) is 5.35. The number of methoxy groups -OCH3 is 1. The number of hydrogen-bond acceptors (Lipinski definition) is 5. The Bertz CT molecular complexity index is 902. The van der Waals surface area contributed by atoms with Crippen LogP contribution in [0, 0.1) is 18.7 Å². The van der Waals surface area contributed by atoms with E-state index in [9.17, 15) is 9.18 Å². The van der Waals surface area contributed by atoms with Crippen LogP contribution in [-0.4, -0.2) is 43.1 Å². The Labute approximate surface area is 157 Å². The van der Waals surface area contributed by atoms with Crippen LogP contribution < -0.4 is 20.5 Å². The van der Waals surface area contributed by atoms with Crippen molar-refractivity contribution in [3.05, 3.63) is 39.9 Å². The molecule has 1 saturated carbocycles. The number of aromatic nitrogens is 2. The van der Waals surface area contributed by atoms with Crippen molar-refractivity contribution in [3.63, 3.8) is 0 Å². The molecular weight excluding hydrogens is 347 g/mol. The third kappa shape index (κ3) is 3.56. The number of nitrogens with zero attached hydrogens (tertiary/aromatic N) is 3. The molecule has 2 fully saturated rings. The number of hydrogen-bond donors (Lipinski definition) is 1. The third-order valence-corrected chi connectivity index (χ3v) is 5.35. The summed E-state index contributed by atoms with van der Waals surface area (Å²) in [5, 5.41) is 7.95. The van der Waals surface area contributed by atoms with Crippen molar-refractivity contribution < 1.29 is 9.13 Å². The maximum Gasteiger partial charge on any atom is 0.290 e. The molecule has 1 aromatic heterocycles. The van der Waals surface area contributed by atoms with E-state index in [0.717, 1.165) is 44.6 Å². The summed E-state index contributed by atoms with van der Waals surface area (Å²) in [5.74, 6) is 0.291. The van der Waals surface area contributed by atoms with Crippen LogP contribution in [0.3, 0.4) is 0 Å². The second kappa shape index (κ2) is 7.31. The molecule has 0 atom stereocenters. The summed E-state index contributed by atoms with van der Waals surface area (Å²) in [4.78, 5) is 15.3. The Morgan fingerprint density at radius 3 is 2.67 bits per heavy atom. The summed E-state index contributed by atoms with van der Waals surface area (Å²) in [6, 6.07) is 4.83. The molecule has 2 aromatic rings. The minimum atomic E-state index is -0.431. The summed E-state index contributed by atoms with van der Waals surface area (Å²) in [6.07, 6.45) is 2.27. The van der Waals surface area contributed by atoms with Crippen LogP contribution in [0.15, 0.2) is 23.0 Å². The zero-order chi connectivity index (χ0) is 19.0. The van der Waals surface area contributed by atoms with E-state index < -0.39 is 5.82 Å². The van der Waals surface area contributed by atoms with Gasteiger partial charge in [-0.3, -0.25) is 4.79 Å². The van der Waals surface area contributed by atoms with Gasteiger partial charge in [0.1, 0.15) is 5.69 Å². The standard InChI is InChI=1S/C20H25FN4O2/c1-13-18(15-5-6-17(27-2)16(21)11-15)23-25(12-14-3-4-14)20(26)19(13)24-9-7-22-8-10-24/h5-6,11,14,22H,3-4,7-10,12H2,1-2H3. The summed E-state index contributed by atoms with van der Waals surface area (Å²) in [7, 11) is 1.44. The average Bonchev–Trinajstić information content (AvgIpc) is 3.49. The van der Waals surface area contributed by atoms with Crippen molar-refractivity contribution in [1.82, 2.24) is 15.1 Å². The van der Waals surface area contributed by atoms with Gasteiger partial charge < -0.3 is 15.0 Å². The van der Waals surface area contributed by atoms with Gasteiger partial charge in [0.05, 0.1) is 12.8 Å². The Morgan fingerprint density at radius 1 is 1.30 bits per heavy atom. The number of nitrogens with one attached hydrogen (secondary N) is 1. The summed E-state index contributed by atoms with van der Waals surface area (Å²) >= 11 is 0. The van der Waals surface area contributed by atoms with Gasteiger partial charge in [0.2, 0.25) is 0 Å². The van der Waals surface area contributed by atoms with E-state index in [2.05, 4.69) is 15.3 Å². The van der Waals surface area contributed by atoms with E-state index in [1.165, 1.54) is 13.2 Å². The molecule has 0 radical (unpaired) electrons. The smallest absolute Gasteiger partial charge is 0.290 e. The van der Waals surface area contributed by atoms with Gasteiger partial charge in [0, 0.05) is 43.9 Å². The van der Waals surface area contributed by atoms with Crippen LogP contribution in [0.1, 0.15) is 18.4 Å². The van der Waals surface area contributed by atoms with Crippen LogP contribution >= 0.6 is 0 Å². The topological polar surface area (TPSA) is 59.4 Å². The molecule has 1 aromatic carbocycles. The number of halogens is 1. The Kier molecular flexibility index (Phi) is 4.86. The molecule has 144 valence electrons. The van der Waals surface area contributed by atoms with Gasteiger partial charge >= 0.3 is 0 Å². The molecule has 6 nitrogen and oxygen atoms in total. The molecule has 7 heteroatoms. The highest BCUT2D eigenvalue weighted by Crippen LogP contribution is 2.32. The number of benzene rings is 1. The predicted molar refractivity (Wildman–Crippen MR) is 103 cm³/mol. The van der Waals surface area contributed by atoms with Gasteiger partial charge in [-0.25, -0.2) is 9.07 Å². The van der Waals surface area contributed by atoms with Crippen LogP contribution in [-0.2, 0) is 6.54 Å². The molecule has 4 rings (SSSR count). The molecule has 0 bridgehead atoms. The number of anilines is 1. The molecule has 0 amide bonds. The summed E-state index contributed by atoms with van der Waals surface area (Å²) in [5.41, 5.74) is 2.77. The average molecular weight is 372 g/mol. The second-order valence-electron chi connectivity index (χ2n) is 7.34. The van der Waals surface area contributed by atoms with Gasteiger partial charge in [0.15, 0.2) is 11.6 Å². The van der Waals surface area contributed by atoms with Gasteiger partial charge in [-0.05, 0) is 43.9 Å². The Morgan fingerprint density at radius 2 is 2.04 bits per heavy atom. The first kappa shape index (κ1) is 18.0. The number of rotatable bonds is 5. The lowest BCUT2D eigenvalue weighted by molar-refractivity contribution is 0.386. The zero-order valence-corrected chi connectivity index (χ0v) is 15.8. The maximum absolute atomic E-state index is 14.3. The second-order valence-corrected chi connectivity index (χ2v) is 7.34. The van der Waals surface area contributed by atoms with Crippen LogP contribution in [0.4, 0.5) is 10.1 Å². The molecular formula is C20H25FN4O2. The fourth-order valence-corrected chi connectivity index (χ4v) is 3.65. The molecule has 2 heterocycles. The molecule has 1 aliphatic carbocycles. The maximum atomic E-state index is 14.3. The van der Waals surface area contributed by atoms with E-state index in [1.54, 1.807) is 16.8 Å². The minimum Gasteiger partial charge on any atom is -0.494 e. The highest BCUT2D eigenvalue weighted by atomic mass is 19.1. The summed E-state index contributed by atoms with van der Waals surface area (Å²) < 4.78 is 20.9. The lowest BCUT2D eigenvalue weighted by atomic mass is 10.0. The van der Waals surface area contributed by atoms with E-state index in [-0.39, 0.29) is 11.3 Å². The molecule has 0 spiro atoms. The van der Waals surface area contributed by atoms with E-state index in [0.29, 0.717) is 29.4 Å². The fraction of sp³-hybridized carbons (Fsp3) is 0.500. The van der Waals surface area contributed by atoms with Crippen molar-refractivity contribution in [1.29, 1.82) is 0 Å². The zero-order valence-electron chi connectivity index (χ0n) is 15.8. The van der Waals surface area contributed by atoms with Gasteiger partial charge in [-0.15, -0.1) is 0 Å². The molecule has 27 heavy (non-hydrogen) atoms. The number of ether oxygens (including phenoxy) is 1. The fourth-order valence-electron chi connectivity index (χ4n) is 3.65. The summed E-state index contributed by atoms with van der Waals surface area (Å²) in [6.45, 7) is 5.78. The minimum absolute atomic E-state index is 0.0426. The van der Waals surface area contributed by atoms with Crippen molar-refractivity contribution in [2.24, 2.45) is 5.92 Å². The molecule has 0 unspecified atom stereocenters. The predicted octanol–water partition coefficient (Wildman–Crippen LogP) is 2.19. The van der Waals surface area contributed by atoms with Gasteiger partial charge in [-0.2, -0.15) is 5.10 Å². The first-order valence-electron chi connectivity index (χ1n) is 9.49. The molecule has 1 aliphatic heterocycles. The quantitative estimate of drug-likeness (QED) is 0.872. The molecule has 2 aliphatic rings. The van der Waals surface area contributed by atoms with Crippen LogP contribution in [0.5, 0.6) is 5.75 Å². The highest BCUT2D eigenvalue weighted by Gasteiger charge is 2.27. The van der Waals surface area contributed by atoms with Crippen molar-refractivity contribution >= 4 is 5.69 Å². The highest BCUT2D eigenvalue weighted by molar-refractivity contribution is 5.70. The molecule has 1 N–H and O–H groups in total. The van der Waals surface area contributed by atoms with Crippen molar-refractivity contribution in [2.45, 2.75) is 26.3 Å². The van der Waals surface area contributed by atoms with Crippen molar-refractivity contribution in [3.8, 4) is 17.0 Å². The molecule has 1 saturated heterocycles. The first-order valence-corrected chi connectivity index (χ1v) is 9.49. The Hall–Kier alpha value is -2.41. The van der Waals surface area contributed by atoms with E-state index in [1.807, 2.05) is 6.92 Å². The lowest BCUT2D eigenvalue weighted by Gasteiger charge is -2.31. The van der Waals surface area contributed by atoms with E-state index >= 15 is 0 Å². The van der Waals surface area contributed by atoms with Crippen LogP contribution in [0.2, 0.25) is 0 Å². The Balaban J connectivity index is 1.84. The monoisotopic (exact) mass is 372 g/mol. The van der Waals surface area contributed by atoms with Crippen molar-refractivity contribution in [2.75, 3.05) is 38.2 Å². The number of piperazine rings is 1. The van der Waals surface area contributed by atoms with Gasteiger partial charge in [-0.1, -0.05) is 0 Å². The lowest BCUT2D eigenvalue weighted by Crippen LogP contribution is -2.46. The largest absolute Gasteiger partial charge is 0.494 e. The van der Waals surface area contributed by atoms with Gasteiger partial charge in [0.25, 0.3) is 5.56 Å². The first-order chi connectivity index (χ1) is 13.1.